The number of hydrogen-bond acceptors (Lipinski definition) is 12. The predicted octanol–water partition coefficient (Wildman–Crippen LogP) is 7.44. The Morgan fingerprint density at radius 3 is 2.28 bits per heavy atom. The first-order valence-electron chi connectivity index (χ1n) is 22.8. The third kappa shape index (κ3) is 9.35. The number of amides is 3. The van der Waals surface area contributed by atoms with E-state index >= 15 is 0 Å². The SMILES string of the molecule is Cc1ncsc1-c1ccc(C(C)NC(=O)[C@@H]2C[C@@H](O)CN2C(=O)C(NC(=O)Cn2cc3cc(-c4ccc(C5=N[C@@H](CC(=O)O)c6nnc(C)n6-c6sc(C)c(C)c65)cc4)ccc3n2)C(C)(C)C)cc1. The van der Waals surface area contributed by atoms with E-state index in [1.54, 1.807) is 33.6 Å². The molecule has 0 bridgehead atoms. The molecule has 2 aliphatic rings. The molecule has 3 aromatic carbocycles. The number of nitrogens with one attached hydrogen (secondary N) is 2. The average Bonchev–Trinajstić information content (AvgIpc) is 4.14. The van der Waals surface area contributed by atoms with Gasteiger partial charge in [-0.3, -0.25) is 33.4 Å². The number of carboxylic acid groups (broad SMARTS) is 1. The number of nitrogens with zero attached hydrogens (tertiary/aromatic N) is 8. The van der Waals surface area contributed by atoms with Crippen molar-refractivity contribution in [1.82, 2.24) is 45.1 Å². The third-order valence-corrected chi connectivity index (χ3v) is 15.2. The lowest BCUT2D eigenvalue weighted by molar-refractivity contribution is -0.144. The number of aliphatic hydroxyl groups is 1. The average molecular weight is 967 g/mol. The number of carboxylic acids is 1. The fraction of sp³-hybridized carbons (Fsp3) is 0.353. The number of thiophene rings is 1. The lowest BCUT2D eigenvalue weighted by atomic mass is 9.85. The molecule has 6 heterocycles. The number of β-amino-alcohol motifs (C(OH)–C–C–N with tert-alkyl or cyclic N) is 1. The number of aryl methyl sites for hydroxylation is 3. The van der Waals surface area contributed by atoms with E-state index in [1.807, 2.05) is 118 Å². The minimum atomic E-state index is -1.000. The van der Waals surface area contributed by atoms with Gasteiger partial charge in [-0.05, 0) is 80.0 Å². The number of likely N-dealkylation sites (tertiary alicyclic amines) is 1. The molecular formula is C51H54N10O6S2. The molecule has 69 heavy (non-hydrogen) atoms. The van der Waals surface area contributed by atoms with Crippen LogP contribution in [0.5, 0.6) is 0 Å². The number of rotatable bonds is 12. The molecule has 0 radical (unpaired) electrons. The summed E-state index contributed by atoms with van der Waals surface area (Å²) in [5.74, 6) is -1.06. The lowest BCUT2D eigenvalue weighted by Gasteiger charge is -2.35. The normalized spacial score (nSPS) is 17.7. The number of carbonyl (C=O) groups excluding carboxylic acids is 3. The summed E-state index contributed by atoms with van der Waals surface area (Å²) in [5, 5.41) is 41.6. The molecule has 5 atom stereocenters. The number of aliphatic carboxylic acids is 1. The van der Waals surface area contributed by atoms with Crippen LogP contribution in [0.3, 0.4) is 0 Å². The highest BCUT2D eigenvalue weighted by Crippen LogP contribution is 2.40. The van der Waals surface area contributed by atoms with Gasteiger partial charge in [-0.25, -0.2) is 4.98 Å². The Hall–Kier alpha value is -6.89. The summed E-state index contributed by atoms with van der Waals surface area (Å²) >= 11 is 3.18. The van der Waals surface area contributed by atoms with Crippen LogP contribution >= 0.6 is 22.7 Å². The van der Waals surface area contributed by atoms with Crippen molar-refractivity contribution in [2.45, 2.75) is 105 Å². The van der Waals surface area contributed by atoms with Gasteiger partial charge in [0.05, 0.1) is 45.9 Å². The lowest BCUT2D eigenvalue weighted by Crippen LogP contribution is -2.58. The number of hydrogen-bond donors (Lipinski definition) is 4. The van der Waals surface area contributed by atoms with Gasteiger partial charge in [0.25, 0.3) is 0 Å². The summed E-state index contributed by atoms with van der Waals surface area (Å²) in [5.41, 5.74) is 10.1. The second kappa shape index (κ2) is 18.5. The fourth-order valence-electron chi connectivity index (χ4n) is 9.22. The molecule has 0 saturated carbocycles. The van der Waals surface area contributed by atoms with Gasteiger partial charge < -0.3 is 25.7 Å². The summed E-state index contributed by atoms with van der Waals surface area (Å²) in [4.78, 5) is 66.9. The van der Waals surface area contributed by atoms with Crippen molar-refractivity contribution >= 4 is 63.0 Å². The monoisotopic (exact) mass is 966 g/mol. The molecule has 2 unspecified atom stereocenters. The van der Waals surface area contributed by atoms with Crippen molar-refractivity contribution < 1.29 is 29.4 Å². The van der Waals surface area contributed by atoms with Gasteiger partial charge in [0.1, 0.15) is 35.5 Å². The number of aromatic nitrogens is 6. The first-order chi connectivity index (χ1) is 32.8. The highest BCUT2D eigenvalue weighted by molar-refractivity contribution is 7.15. The number of fused-ring (bicyclic) bond motifs is 4. The predicted molar refractivity (Wildman–Crippen MR) is 266 cm³/mol. The molecule has 9 rings (SSSR count). The summed E-state index contributed by atoms with van der Waals surface area (Å²) < 4.78 is 3.48. The molecule has 0 aliphatic carbocycles. The molecule has 4 aromatic heterocycles. The molecule has 3 amide bonds. The van der Waals surface area contributed by atoms with Crippen LogP contribution in [0.4, 0.5) is 0 Å². The molecule has 1 fully saturated rings. The van der Waals surface area contributed by atoms with Gasteiger partial charge in [-0.2, -0.15) is 5.10 Å². The standard InChI is InChI=1S/C51H54N10O6S2/c1-26-29(4)69-50-43(26)44(54-39(21-42(64)65)47-57-56-30(5)61(47)50)33-13-11-32(12-14-33)35-17-18-38-36(19-35)22-59(58-38)24-41(63)55-46(51(6,7)8)49(67)60-23-37(62)20-40(60)48(66)53-27(2)31-9-15-34(16-10-31)45-28(3)52-25-68-45/h9-19,22,25,27,37,39-40,46,62H,20-21,23-24H2,1-8H3,(H,53,66)(H,55,63)(H,64,65)/t27?,37-,39+,40+,46?/m1/s1. The number of aliphatic imine (C=N–C) groups is 1. The van der Waals surface area contributed by atoms with Gasteiger partial charge in [-0.1, -0.05) is 75.4 Å². The zero-order chi connectivity index (χ0) is 49.1. The molecule has 0 spiro atoms. The molecule has 7 aromatic rings. The minimum absolute atomic E-state index is 0.0342. The van der Waals surface area contributed by atoms with E-state index in [2.05, 4.69) is 44.8 Å². The summed E-state index contributed by atoms with van der Waals surface area (Å²) in [6.07, 6.45) is 0.742. The Morgan fingerprint density at radius 2 is 1.59 bits per heavy atom. The zero-order valence-corrected chi connectivity index (χ0v) is 41.3. The Balaban J connectivity index is 0.882. The van der Waals surface area contributed by atoms with Crippen LogP contribution in [0.15, 0.2) is 83.4 Å². The number of aliphatic hydroxyl groups excluding tert-OH is 1. The van der Waals surface area contributed by atoms with Crippen LogP contribution < -0.4 is 10.6 Å². The van der Waals surface area contributed by atoms with Gasteiger partial charge in [-0.15, -0.1) is 32.9 Å². The van der Waals surface area contributed by atoms with Gasteiger partial charge in [0.2, 0.25) is 17.7 Å². The Bertz CT molecular complexity index is 3160. The van der Waals surface area contributed by atoms with Crippen molar-refractivity contribution in [3.05, 3.63) is 123 Å². The maximum atomic E-state index is 14.3. The van der Waals surface area contributed by atoms with E-state index in [9.17, 15) is 29.4 Å². The molecule has 1 saturated heterocycles. The van der Waals surface area contributed by atoms with Gasteiger partial charge >= 0.3 is 5.97 Å². The van der Waals surface area contributed by atoms with Crippen molar-refractivity contribution in [3.8, 4) is 26.6 Å². The number of carbonyl (C=O) groups is 4. The van der Waals surface area contributed by atoms with Crippen molar-refractivity contribution in [2.75, 3.05) is 6.54 Å². The fourth-order valence-corrected chi connectivity index (χ4v) is 11.2. The first kappa shape index (κ1) is 47.2. The molecular weight excluding hydrogens is 913 g/mol. The van der Waals surface area contributed by atoms with Crippen molar-refractivity contribution in [2.24, 2.45) is 10.4 Å². The van der Waals surface area contributed by atoms with Gasteiger partial charge in [0.15, 0.2) is 5.82 Å². The Labute approximate surface area is 407 Å². The Morgan fingerprint density at radius 1 is 0.899 bits per heavy atom. The minimum Gasteiger partial charge on any atom is -0.481 e. The first-order valence-corrected chi connectivity index (χ1v) is 24.5. The highest BCUT2D eigenvalue weighted by atomic mass is 32.1. The zero-order valence-electron chi connectivity index (χ0n) is 39.6. The van der Waals surface area contributed by atoms with E-state index in [0.717, 1.165) is 64.8 Å². The van der Waals surface area contributed by atoms with Crippen molar-refractivity contribution in [3.63, 3.8) is 0 Å². The van der Waals surface area contributed by atoms with Crippen LogP contribution in [0.2, 0.25) is 0 Å². The van der Waals surface area contributed by atoms with E-state index < -0.39 is 47.4 Å². The molecule has 2 aliphatic heterocycles. The van der Waals surface area contributed by atoms with Crippen molar-refractivity contribution in [1.29, 1.82) is 0 Å². The second-order valence-corrected chi connectivity index (χ2v) is 21.1. The quantitative estimate of drug-likeness (QED) is 0.0951. The van der Waals surface area contributed by atoms with Gasteiger partial charge in [0, 0.05) is 40.6 Å². The number of benzene rings is 3. The van der Waals surface area contributed by atoms with Crippen LogP contribution in [-0.4, -0.2) is 98.8 Å². The molecule has 18 heteroatoms. The van der Waals surface area contributed by atoms with E-state index in [1.165, 1.54) is 4.90 Å². The molecule has 16 nitrogen and oxygen atoms in total. The molecule has 4 N–H and O–H groups in total. The van der Waals surface area contributed by atoms with E-state index in [0.29, 0.717) is 22.9 Å². The summed E-state index contributed by atoms with van der Waals surface area (Å²) in [6, 6.07) is 18.8. The number of thiazole rings is 1. The Kier molecular flexibility index (Phi) is 12.7. The maximum absolute atomic E-state index is 14.3. The largest absolute Gasteiger partial charge is 0.481 e. The van der Waals surface area contributed by atoms with E-state index in [-0.39, 0.29) is 37.9 Å². The third-order valence-electron chi connectivity index (χ3n) is 13.0. The smallest absolute Gasteiger partial charge is 0.306 e. The van der Waals surface area contributed by atoms with Crippen LogP contribution in [0.1, 0.15) is 97.1 Å². The summed E-state index contributed by atoms with van der Waals surface area (Å²) in [7, 11) is 0. The second-order valence-electron chi connectivity index (χ2n) is 19.1. The van der Waals surface area contributed by atoms with Crippen LogP contribution in [0, 0.1) is 33.1 Å². The highest BCUT2D eigenvalue weighted by Gasteiger charge is 2.45. The molecule has 356 valence electrons. The van der Waals surface area contributed by atoms with Crippen LogP contribution in [-0.2, 0) is 25.7 Å². The topological polar surface area (TPSA) is 210 Å². The summed E-state index contributed by atoms with van der Waals surface area (Å²) in [6.45, 7) is 15.2. The van der Waals surface area contributed by atoms with Crippen LogP contribution in [0.25, 0.3) is 37.5 Å². The maximum Gasteiger partial charge on any atom is 0.306 e. The van der Waals surface area contributed by atoms with E-state index in [4.69, 9.17) is 4.99 Å².